The van der Waals surface area contributed by atoms with Crippen molar-refractivity contribution in [1.82, 2.24) is 19.8 Å². The molecule has 0 spiro atoms. The molecule has 1 saturated heterocycles. The number of para-hydroxylation sites is 1. The van der Waals surface area contributed by atoms with Crippen LogP contribution in [0.5, 0.6) is 5.75 Å². The standard InChI is InChI=1S/C27H33N5O4/c1-18(2)24(27(34)36-4)30-25-21-7-5-6-8-22(21)28-23(29-25)17-31-13-15-32(16-14-31)26(33)19-9-11-20(35-3)12-10-19/h5-12,18,24H,13-17H2,1-4H3,(H,28,29,30)/t24-/m0/s1. The lowest BCUT2D eigenvalue weighted by Gasteiger charge is -2.34. The van der Waals surface area contributed by atoms with Crippen molar-refractivity contribution in [3.8, 4) is 5.75 Å². The van der Waals surface area contributed by atoms with Gasteiger partial charge in [-0.1, -0.05) is 26.0 Å². The molecule has 0 radical (unpaired) electrons. The third-order valence-electron chi connectivity index (χ3n) is 6.43. The molecule has 36 heavy (non-hydrogen) atoms. The quantitative estimate of drug-likeness (QED) is 0.480. The lowest BCUT2D eigenvalue weighted by Crippen LogP contribution is -2.48. The van der Waals surface area contributed by atoms with Crippen LogP contribution in [0, 0.1) is 5.92 Å². The number of ether oxygens (including phenoxy) is 2. The van der Waals surface area contributed by atoms with E-state index in [9.17, 15) is 9.59 Å². The number of esters is 1. The molecule has 4 rings (SSSR count). The minimum atomic E-state index is -0.520. The number of carbonyl (C=O) groups excluding carboxylic acids is 2. The number of piperazine rings is 1. The first-order chi connectivity index (χ1) is 17.4. The Morgan fingerprint density at radius 3 is 2.31 bits per heavy atom. The van der Waals surface area contributed by atoms with E-state index in [0.29, 0.717) is 36.8 Å². The fourth-order valence-electron chi connectivity index (χ4n) is 4.30. The van der Waals surface area contributed by atoms with Crippen molar-refractivity contribution in [2.75, 3.05) is 45.7 Å². The van der Waals surface area contributed by atoms with Gasteiger partial charge in [-0.2, -0.15) is 0 Å². The number of hydrogen-bond acceptors (Lipinski definition) is 8. The van der Waals surface area contributed by atoms with Gasteiger partial charge >= 0.3 is 5.97 Å². The number of amides is 1. The zero-order valence-electron chi connectivity index (χ0n) is 21.2. The number of nitrogens with one attached hydrogen (secondary N) is 1. The molecule has 1 aliphatic heterocycles. The van der Waals surface area contributed by atoms with Crippen LogP contribution in [0.4, 0.5) is 5.82 Å². The molecule has 1 aliphatic rings. The van der Waals surface area contributed by atoms with Gasteiger partial charge in [0, 0.05) is 37.1 Å². The van der Waals surface area contributed by atoms with Gasteiger partial charge in [0.15, 0.2) is 0 Å². The molecule has 1 aromatic heterocycles. The average molecular weight is 492 g/mol. The van der Waals surface area contributed by atoms with Crippen LogP contribution in [0.1, 0.15) is 30.0 Å². The molecule has 190 valence electrons. The summed E-state index contributed by atoms with van der Waals surface area (Å²) >= 11 is 0. The number of nitrogens with zero attached hydrogens (tertiary/aromatic N) is 4. The van der Waals surface area contributed by atoms with E-state index >= 15 is 0 Å². The molecule has 1 fully saturated rings. The molecular formula is C27H33N5O4. The highest BCUT2D eigenvalue weighted by Crippen LogP contribution is 2.23. The summed E-state index contributed by atoms with van der Waals surface area (Å²) in [6, 6.07) is 14.4. The summed E-state index contributed by atoms with van der Waals surface area (Å²) in [6.07, 6.45) is 0. The van der Waals surface area contributed by atoms with E-state index in [0.717, 1.165) is 29.7 Å². The van der Waals surface area contributed by atoms with E-state index < -0.39 is 6.04 Å². The molecule has 9 nitrogen and oxygen atoms in total. The topological polar surface area (TPSA) is 96.9 Å². The third kappa shape index (κ3) is 5.73. The van der Waals surface area contributed by atoms with Gasteiger partial charge in [0.25, 0.3) is 5.91 Å². The Labute approximate surface area is 211 Å². The lowest BCUT2D eigenvalue weighted by atomic mass is 10.0. The SMILES string of the molecule is COC(=O)[C@@H](Nc1nc(CN2CCN(C(=O)c3ccc(OC)cc3)CC2)nc2ccccc12)C(C)C. The second-order valence-corrected chi connectivity index (χ2v) is 9.19. The first kappa shape index (κ1) is 25.4. The minimum absolute atomic E-state index is 0.0194. The van der Waals surface area contributed by atoms with Crippen molar-refractivity contribution < 1.29 is 19.1 Å². The largest absolute Gasteiger partial charge is 0.497 e. The number of benzene rings is 2. The highest BCUT2D eigenvalue weighted by molar-refractivity contribution is 5.94. The van der Waals surface area contributed by atoms with Gasteiger partial charge in [0.2, 0.25) is 0 Å². The van der Waals surface area contributed by atoms with Crippen LogP contribution in [0.2, 0.25) is 0 Å². The van der Waals surface area contributed by atoms with Crippen molar-refractivity contribution in [1.29, 1.82) is 0 Å². The summed E-state index contributed by atoms with van der Waals surface area (Å²) in [5, 5.41) is 4.14. The first-order valence-electron chi connectivity index (χ1n) is 12.1. The second-order valence-electron chi connectivity index (χ2n) is 9.19. The predicted molar refractivity (Wildman–Crippen MR) is 138 cm³/mol. The van der Waals surface area contributed by atoms with Crippen LogP contribution in [0.25, 0.3) is 10.9 Å². The monoisotopic (exact) mass is 491 g/mol. The number of carbonyl (C=O) groups is 2. The Morgan fingerprint density at radius 1 is 0.972 bits per heavy atom. The number of fused-ring (bicyclic) bond motifs is 1. The molecule has 0 bridgehead atoms. The molecule has 1 atom stereocenters. The van der Waals surface area contributed by atoms with Crippen molar-refractivity contribution in [2.24, 2.45) is 5.92 Å². The predicted octanol–water partition coefficient (Wildman–Crippen LogP) is 3.21. The zero-order valence-corrected chi connectivity index (χ0v) is 21.2. The summed E-state index contributed by atoms with van der Waals surface area (Å²) in [6.45, 7) is 7.17. The summed E-state index contributed by atoms with van der Waals surface area (Å²) in [5.74, 6) is 1.73. The zero-order chi connectivity index (χ0) is 25.7. The summed E-state index contributed by atoms with van der Waals surface area (Å²) in [7, 11) is 3.00. The normalized spacial score (nSPS) is 15.1. The fraction of sp³-hybridized carbons (Fsp3) is 0.407. The molecular weight excluding hydrogens is 458 g/mol. The van der Waals surface area contributed by atoms with E-state index in [1.54, 1.807) is 31.4 Å². The Bertz CT molecular complexity index is 1210. The second kappa shape index (κ2) is 11.3. The van der Waals surface area contributed by atoms with Gasteiger partial charge in [0.1, 0.15) is 23.4 Å². The molecule has 0 unspecified atom stereocenters. The number of methoxy groups -OCH3 is 2. The van der Waals surface area contributed by atoms with Crippen molar-refractivity contribution in [3.63, 3.8) is 0 Å². The molecule has 0 saturated carbocycles. The molecule has 1 N–H and O–H groups in total. The van der Waals surface area contributed by atoms with Crippen LogP contribution in [0.15, 0.2) is 48.5 Å². The molecule has 9 heteroatoms. The molecule has 2 heterocycles. The number of aromatic nitrogens is 2. The van der Waals surface area contributed by atoms with E-state index in [1.165, 1.54) is 7.11 Å². The van der Waals surface area contributed by atoms with E-state index in [-0.39, 0.29) is 17.8 Å². The number of anilines is 1. The van der Waals surface area contributed by atoms with Crippen molar-refractivity contribution >= 4 is 28.6 Å². The summed E-state index contributed by atoms with van der Waals surface area (Å²) < 4.78 is 10.2. The lowest BCUT2D eigenvalue weighted by molar-refractivity contribution is -0.142. The van der Waals surface area contributed by atoms with Gasteiger partial charge in [0.05, 0.1) is 26.3 Å². The van der Waals surface area contributed by atoms with Crippen LogP contribution in [-0.4, -0.2) is 78.1 Å². The molecule has 1 amide bonds. The Balaban J connectivity index is 1.46. The number of rotatable bonds is 8. The average Bonchev–Trinajstić information content (AvgIpc) is 2.91. The van der Waals surface area contributed by atoms with E-state index in [1.807, 2.05) is 43.0 Å². The summed E-state index contributed by atoms with van der Waals surface area (Å²) in [4.78, 5) is 38.9. The maximum Gasteiger partial charge on any atom is 0.328 e. The van der Waals surface area contributed by atoms with Gasteiger partial charge in [-0.25, -0.2) is 14.8 Å². The van der Waals surface area contributed by atoms with Crippen LogP contribution in [0.3, 0.4) is 0 Å². The van der Waals surface area contributed by atoms with Crippen LogP contribution < -0.4 is 10.1 Å². The Morgan fingerprint density at radius 2 is 1.67 bits per heavy atom. The maximum atomic E-state index is 12.9. The minimum Gasteiger partial charge on any atom is -0.497 e. The first-order valence-corrected chi connectivity index (χ1v) is 12.1. The van der Waals surface area contributed by atoms with E-state index in [2.05, 4.69) is 10.2 Å². The molecule has 0 aliphatic carbocycles. The highest BCUT2D eigenvalue weighted by atomic mass is 16.5. The van der Waals surface area contributed by atoms with Crippen LogP contribution >= 0.6 is 0 Å². The number of hydrogen-bond donors (Lipinski definition) is 1. The Hall–Kier alpha value is -3.72. The highest BCUT2D eigenvalue weighted by Gasteiger charge is 2.26. The third-order valence-corrected chi connectivity index (χ3v) is 6.43. The fourth-order valence-corrected chi connectivity index (χ4v) is 4.30. The Kier molecular flexibility index (Phi) is 8.00. The smallest absolute Gasteiger partial charge is 0.328 e. The molecule has 3 aromatic rings. The van der Waals surface area contributed by atoms with Gasteiger partial charge in [-0.15, -0.1) is 0 Å². The van der Waals surface area contributed by atoms with Gasteiger partial charge in [-0.05, 0) is 42.3 Å². The van der Waals surface area contributed by atoms with Crippen molar-refractivity contribution in [2.45, 2.75) is 26.4 Å². The van der Waals surface area contributed by atoms with Gasteiger partial charge in [-0.3, -0.25) is 9.69 Å². The molecule has 2 aromatic carbocycles. The van der Waals surface area contributed by atoms with Crippen molar-refractivity contribution in [3.05, 3.63) is 59.9 Å². The van der Waals surface area contributed by atoms with E-state index in [4.69, 9.17) is 19.4 Å². The maximum absolute atomic E-state index is 12.9. The van der Waals surface area contributed by atoms with Gasteiger partial charge < -0.3 is 19.7 Å². The summed E-state index contributed by atoms with van der Waals surface area (Å²) in [5.41, 5.74) is 1.47. The van der Waals surface area contributed by atoms with Crippen LogP contribution in [-0.2, 0) is 16.1 Å².